The van der Waals surface area contributed by atoms with Crippen molar-refractivity contribution in [2.75, 3.05) is 6.26 Å². The van der Waals surface area contributed by atoms with Gasteiger partial charge >= 0.3 is 5.97 Å². The van der Waals surface area contributed by atoms with Gasteiger partial charge in [-0.05, 0) is 12.1 Å². The molecule has 5 nitrogen and oxygen atoms in total. The zero-order chi connectivity index (χ0) is 14.0. The predicted molar refractivity (Wildman–Crippen MR) is 75.3 cm³/mol. The van der Waals surface area contributed by atoms with Crippen LogP contribution in [0.5, 0.6) is 0 Å². The molecule has 102 valence electrons. The van der Waals surface area contributed by atoms with Crippen LogP contribution in [0.25, 0.3) is 10.6 Å². The van der Waals surface area contributed by atoms with Crippen LogP contribution in [0.3, 0.4) is 0 Å². The van der Waals surface area contributed by atoms with Crippen molar-refractivity contribution in [3.05, 3.63) is 27.4 Å². The molecule has 0 saturated heterocycles. The maximum Gasteiger partial charge on any atom is 0.308 e. The third kappa shape index (κ3) is 4.12. The van der Waals surface area contributed by atoms with Gasteiger partial charge in [0.25, 0.3) is 0 Å². The molecule has 2 aromatic rings. The smallest absolute Gasteiger partial charge is 0.308 e. The van der Waals surface area contributed by atoms with Gasteiger partial charge in [0, 0.05) is 16.5 Å². The lowest BCUT2D eigenvalue weighted by molar-refractivity contribution is -0.136. The number of hydrogen-bond acceptors (Lipinski definition) is 6. The molecule has 0 saturated carbocycles. The number of carbonyl (C=O) groups is 1. The average Bonchev–Trinajstić information content (AvgIpc) is 2.83. The second-order valence-electron chi connectivity index (χ2n) is 4.03. The lowest BCUT2D eigenvalue weighted by atomic mass is 10.3. The first-order valence-electron chi connectivity index (χ1n) is 5.26. The van der Waals surface area contributed by atoms with Crippen LogP contribution >= 0.6 is 22.7 Å². The number of sulfone groups is 1. The fraction of sp³-hybridized carbons (Fsp3) is 0.273. The summed E-state index contributed by atoms with van der Waals surface area (Å²) in [6, 6.07) is 3.56. The molecule has 0 atom stereocenters. The van der Waals surface area contributed by atoms with Gasteiger partial charge in [0.2, 0.25) is 0 Å². The molecular weight excluding hydrogens is 306 g/mol. The van der Waals surface area contributed by atoms with Crippen LogP contribution in [0.1, 0.15) is 9.88 Å². The summed E-state index contributed by atoms with van der Waals surface area (Å²) >= 11 is 2.65. The van der Waals surface area contributed by atoms with Gasteiger partial charge in [0.05, 0.1) is 17.0 Å². The van der Waals surface area contributed by atoms with Crippen molar-refractivity contribution < 1.29 is 18.3 Å². The monoisotopic (exact) mass is 317 g/mol. The molecule has 0 fully saturated rings. The average molecular weight is 317 g/mol. The Hall–Kier alpha value is -1.25. The van der Waals surface area contributed by atoms with Gasteiger partial charge in [-0.3, -0.25) is 4.79 Å². The topological polar surface area (TPSA) is 84.3 Å². The number of aromatic nitrogens is 1. The van der Waals surface area contributed by atoms with Crippen molar-refractivity contribution >= 4 is 38.5 Å². The molecule has 0 aliphatic carbocycles. The van der Waals surface area contributed by atoms with Crippen molar-refractivity contribution in [1.29, 1.82) is 0 Å². The summed E-state index contributed by atoms with van der Waals surface area (Å²) in [6.45, 7) is 0. The third-order valence-electron chi connectivity index (χ3n) is 2.18. The first-order chi connectivity index (χ1) is 8.83. The third-order valence-corrected chi connectivity index (χ3v) is 5.11. The normalized spacial score (nSPS) is 11.6. The summed E-state index contributed by atoms with van der Waals surface area (Å²) in [5.41, 5.74) is 0.699. The van der Waals surface area contributed by atoms with Crippen molar-refractivity contribution in [1.82, 2.24) is 4.98 Å². The molecule has 8 heteroatoms. The van der Waals surface area contributed by atoms with Gasteiger partial charge in [-0.25, -0.2) is 13.4 Å². The lowest BCUT2D eigenvalue weighted by Gasteiger charge is -1.92. The Bertz CT molecular complexity index is 699. The molecule has 2 heterocycles. The molecule has 0 aromatic carbocycles. The first kappa shape index (κ1) is 14.2. The van der Waals surface area contributed by atoms with Crippen molar-refractivity contribution in [3.63, 3.8) is 0 Å². The van der Waals surface area contributed by atoms with Crippen LogP contribution < -0.4 is 0 Å². The molecule has 2 rings (SSSR count). The Kier molecular flexibility index (Phi) is 4.02. The van der Waals surface area contributed by atoms with Gasteiger partial charge in [-0.2, -0.15) is 0 Å². The Morgan fingerprint density at radius 3 is 2.79 bits per heavy atom. The minimum absolute atomic E-state index is 0.00893. The van der Waals surface area contributed by atoms with Crippen LogP contribution in [0.4, 0.5) is 0 Å². The molecule has 0 bridgehead atoms. The first-order valence-corrected chi connectivity index (χ1v) is 9.02. The number of aliphatic carboxylic acids is 1. The molecule has 0 radical (unpaired) electrons. The molecule has 0 aliphatic heterocycles. The van der Waals surface area contributed by atoms with Crippen LogP contribution in [0.2, 0.25) is 0 Å². The summed E-state index contributed by atoms with van der Waals surface area (Å²) in [5, 5.41) is 11.0. The Balaban J connectivity index is 2.18. The summed E-state index contributed by atoms with van der Waals surface area (Å²) < 4.78 is 22.4. The Morgan fingerprint density at radius 2 is 2.16 bits per heavy atom. The van der Waals surface area contributed by atoms with Crippen LogP contribution in [-0.4, -0.2) is 30.7 Å². The Morgan fingerprint density at radius 1 is 1.42 bits per heavy atom. The number of thiazole rings is 1. The minimum atomic E-state index is -3.08. The number of thiophene rings is 1. The van der Waals surface area contributed by atoms with Gasteiger partial charge < -0.3 is 5.11 Å². The lowest BCUT2D eigenvalue weighted by Crippen LogP contribution is -1.99. The highest BCUT2D eigenvalue weighted by molar-refractivity contribution is 7.90. The van der Waals surface area contributed by atoms with E-state index in [0.29, 0.717) is 10.7 Å². The van der Waals surface area contributed by atoms with Crippen LogP contribution in [-0.2, 0) is 26.8 Å². The standard InChI is InChI=1S/C11H11NO4S3/c1-19(15,16)6-10-12-8(5-17-10)9-3-2-7(18-9)4-11(13)14/h2-3,5H,4,6H2,1H3,(H,13,14). The summed E-state index contributed by atoms with van der Waals surface area (Å²) in [6.07, 6.45) is 1.16. The van der Waals surface area contributed by atoms with E-state index in [4.69, 9.17) is 5.11 Å². The fourth-order valence-corrected chi connectivity index (χ4v) is 4.51. The van der Waals surface area contributed by atoms with Gasteiger partial charge in [-0.1, -0.05) is 0 Å². The Labute approximate surface area is 118 Å². The van der Waals surface area contributed by atoms with Crippen molar-refractivity contribution in [2.24, 2.45) is 0 Å². The second-order valence-corrected chi connectivity index (χ2v) is 8.28. The predicted octanol–water partition coefficient (Wildman–Crippen LogP) is 2.04. The summed E-state index contributed by atoms with van der Waals surface area (Å²) in [4.78, 5) is 16.5. The van der Waals surface area contributed by atoms with E-state index < -0.39 is 15.8 Å². The number of carboxylic acids is 1. The zero-order valence-electron chi connectivity index (χ0n) is 9.99. The molecule has 19 heavy (non-hydrogen) atoms. The summed E-state index contributed by atoms with van der Waals surface area (Å²) in [5.74, 6) is -0.935. The van der Waals surface area contributed by atoms with E-state index in [1.165, 1.54) is 28.9 Å². The largest absolute Gasteiger partial charge is 0.481 e. The fourth-order valence-electron chi connectivity index (χ4n) is 1.47. The molecule has 0 amide bonds. The van der Waals surface area contributed by atoms with Gasteiger partial charge in [-0.15, -0.1) is 22.7 Å². The van der Waals surface area contributed by atoms with Crippen molar-refractivity contribution in [2.45, 2.75) is 12.2 Å². The van der Waals surface area contributed by atoms with Crippen molar-refractivity contribution in [3.8, 4) is 10.6 Å². The quantitative estimate of drug-likeness (QED) is 0.912. The van der Waals surface area contributed by atoms with E-state index in [1.807, 2.05) is 6.07 Å². The van der Waals surface area contributed by atoms with E-state index in [1.54, 1.807) is 11.4 Å². The maximum absolute atomic E-state index is 11.2. The number of carboxylic acid groups (broad SMARTS) is 1. The minimum Gasteiger partial charge on any atom is -0.481 e. The molecule has 0 unspecified atom stereocenters. The van der Waals surface area contributed by atoms with Crippen LogP contribution in [0.15, 0.2) is 17.5 Å². The van der Waals surface area contributed by atoms with Gasteiger partial charge in [0.15, 0.2) is 9.84 Å². The second kappa shape index (κ2) is 5.40. The molecule has 0 spiro atoms. The van der Waals surface area contributed by atoms with E-state index >= 15 is 0 Å². The molecular formula is C11H11NO4S3. The van der Waals surface area contributed by atoms with E-state index in [-0.39, 0.29) is 12.2 Å². The highest BCUT2D eigenvalue weighted by atomic mass is 32.2. The van der Waals surface area contributed by atoms with Crippen LogP contribution in [0, 0.1) is 0 Å². The number of nitrogens with zero attached hydrogens (tertiary/aromatic N) is 1. The maximum atomic E-state index is 11.2. The molecule has 1 N–H and O–H groups in total. The molecule has 0 aliphatic rings. The highest BCUT2D eigenvalue weighted by Gasteiger charge is 2.12. The van der Waals surface area contributed by atoms with E-state index in [9.17, 15) is 13.2 Å². The highest BCUT2D eigenvalue weighted by Crippen LogP contribution is 2.29. The van der Waals surface area contributed by atoms with Gasteiger partial charge in [0.1, 0.15) is 10.8 Å². The zero-order valence-corrected chi connectivity index (χ0v) is 12.4. The molecule has 2 aromatic heterocycles. The van der Waals surface area contributed by atoms with E-state index in [2.05, 4.69) is 4.98 Å². The SMILES string of the molecule is CS(=O)(=O)Cc1nc(-c2ccc(CC(=O)O)s2)cs1. The summed E-state index contributed by atoms with van der Waals surface area (Å²) in [7, 11) is -3.08. The van der Waals surface area contributed by atoms with E-state index in [0.717, 1.165) is 9.75 Å². The number of rotatable bonds is 5. The number of hydrogen-bond donors (Lipinski definition) is 1.